The van der Waals surface area contributed by atoms with Crippen LogP contribution in [-0.4, -0.2) is 23.2 Å². The van der Waals surface area contributed by atoms with Crippen molar-refractivity contribution >= 4 is 17.2 Å². The largest absolute Gasteiger partial charge is 0.495 e. The molecule has 0 fully saturated rings. The Balaban J connectivity index is 1.91. The lowest BCUT2D eigenvalue weighted by Gasteiger charge is -2.15. The molecule has 0 aliphatic carbocycles. The van der Waals surface area contributed by atoms with Crippen LogP contribution in [0.15, 0.2) is 48.8 Å². The molecule has 0 spiro atoms. The van der Waals surface area contributed by atoms with Crippen LogP contribution in [0.5, 0.6) is 11.5 Å². The number of ether oxygens (including phenoxy) is 2. The van der Waals surface area contributed by atoms with E-state index in [1.807, 2.05) is 19.9 Å². The molecule has 140 valence electrons. The van der Waals surface area contributed by atoms with Crippen LogP contribution < -0.4 is 20.5 Å². The van der Waals surface area contributed by atoms with Gasteiger partial charge >= 0.3 is 0 Å². The Morgan fingerprint density at radius 3 is 2.56 bits per heavy atom. The summed E-state index contributed by atoms with van der Waals surface area (Å²) in [6.45, 7) is 3.77. The zero-order valence-corrected chi connectivity index (χ0v) is 15.4. The van der Waals surface area contributed by atoms with Gasteiger partial charge in [-0.2, -0.15) is 0 Å². The van der Waals surface area contributed by atoms with Gasteiger partial charge in [0.25, 0.3) is 0 Å². The average molecular weight is 368 g/mol. The molecule has 3 rings (SSSR count). The van der Waals surface area contributed by atoms with Gasteiger partial charge in [0, 0.05) is 23.4 Å². The van der Waals surface area contributed by atoms with Crippen LogP contribution >= 0.6 is 0 Å². The SMILES string of the molecule is COc1ccc(Nc2cc(-c3ccc(F)cc3OC(C)C)ncn2)cc1N. The number of nitrogens with two attached hydrogens (primary N) is 1. The van der Waals surface area contributed by atoms with Gasteiger partial charge in [-0.25, -0.2) is 14.4 Å². The minimum absolute atomic E-state index is 0.0905. The van der Waals surface area contributed by atoms with E-state index in [9.17, 15) is 4.39 Å². The van der Waals surface area contributed by atoms with E-state index in [0.717, 1.165) is 5.69 Å². The standard InChI is InChI=1S/C20H21FN4O2/c1-12(2)27-19-8-13(21)4-6-15(19)17-10-20(24-11-23-17)25-14-5-7-18(26-3)16(22)9-14/h4-12H,22H2,1-3H3,(H,23,24,25). The highest BCUT2D eigenvalue weighted by molar-refractivity contribution is 5.72. The zero-order chi connectivity index (χ0) is 19.4. The summed E-state index contributed by atoms with van der Waals surface area (Å²) >= 11 is 0. The van der Waals surface area contributed by atoms with E-state index in [1.54, 1.807) is 31.4 Å². The fourth-order valence-corrected chi connectivity index (χ4v) is 2.59. The molecular weight excluding hydrogens is 347 g/mol. The number of hydrogen-bond donors (Lipinski definition) is 2. The first-order chi connectivity index (χ1) is 13.0. The molecule has 0 saturated carbocycles. The molecule has 1 heterocycles. The van der Waals surface area contributed by atoms with Crippen LogP contribution in [0.4, 0.5) is 21.6 Å². The van der Waals surface area contributed by atoms with Gasteiger partial charge in [0.2, 0.25) is 0 Å². The minimum Gasteiger partial charge on any atom is -0.495 e. The molecule has 7 heteroatoms. The van der Waals surface area contributed by atoms with Crippen molar-refractivity contribution in [1.82, 2.24) is 9.97 Å². The Kier molecular flexibility index (Phi) is 5.40. The second-order valence-corrected chi connectivity index (χ2v) is 6.18. The van der Waals surface area contributed by atoms with Gasteiger partial charge < -0.3 is 20.5 Å². The topological polar surface area (TPSA) is 82.3 Å². The third-order valence-corrected chi connectivity index (χ3v) is 3.75. The van der Waals surface area contributed by atoms with Crippen molar-refractivity contribution in [2.24, 2.45) is 0 Å². The number of nitrogens with zero attached hydrogens (tertiary/aromatic N) is 2. The number of halogens is 1. The summed E-state index contributed by atoms with van der Waals surface area (Å²) in [6.07, 6.45) is 1.35. The maximum absolute atomic E-state index is 13.6. The van der Waals surface area contributed by atoms with E-state index in [-0.39, 0.29) is 11.9 Å². The molecule has 1 aromatic heterocycles. The van der Waals surface area contributed by atoms with Gasteiger partial charge in [-0.1, -0.05) is 0 Å². The maximum atomic E-state index is 13.6. The Labute approximate surface area is 157 Å². The summed E-state index contributed by atoms with van der Waals surface area (Å²) < 4.78 is 24.5. The van der Waals surface area contributed by atoms with Crippen molar-refractivity contribution in [2.45, 2.75) is 20.0 Å². The Hall–Kier alpha value is -3.35. The quantitative estimate of drug-likeness (QED) is 0.628. The fraction of sp³-hybridized carbons (Fsp3) is 0.200. The van der Waals surface area contributed by atoms with Gasteiger partial charge in [-0.15, -0.1) is 0 Å². The van der Waals surface area contributed by atoms with E-state index in [2.05, 4.69) is 15.3 Å². The summed E-state index contributed by atoms with van der Waals surface area (Å²) in [5.41, 5.74) is 8.51. The third kappa shape index (κ3) is 4.44. The number of aromatic nitrogens is 2. The summed E-state index contributed by atoms with van der Waals surface area (Å²) in [5, 5.41) is 3.18. The number of rotatable bonds is 6. The van der Waals surface area contributed by atoms with Gasteiger partial charge in [-0.3, -0.25) is 0 Å². The molecular formula is C20H21FN4O2. The predicted molar refractivity (Wildman–Crippen MR) is 104 cm³/mol. The summed E-state index contributed by atoms with van der Waals surface area (Å²) in [7, 11) is 1.56. The molecule has 3 aromatic rings. The van der Waals surface area contributed by atoms with Crippen LogP contribution in [0.1, 0.15) is 13.8 Å². The highest BCUT2D eigenvalue weighted by Gasteiger charge is 2.12. The average Bonchev–Trinajstić information content (AvgIpc) is 2.62. The minimum atomic E-state index is -0.365. The summed E-state index contributed by atoms with van der Waals surface area (Å²) in [6, 6.07) is 11.5. The van der Waals surface area contributed by atoms with Crippen molar-refractivity contribution in [1.29, 1.82) is 0 Å². The maximum Gasteiger partial charge on any atom is 0.141 e. The first-order valence-electron chi connectivity index (χ1n) is 8.45. The number of benzene rings is 2. The smallest absolute Gasteiger partial charge is 0.141 e. The molecule has 0 amide bonds. The molecule has 2 aromatic carbocycles. The van der Waals surface area contributed by atoms with E-state index in [4.69, 9.17) is 15.2 Å². The lowest BCUT2D eigenvalue weighted by Crippen LogP contribution is -2.07. The van der Waals surface area contributed by atoms with Gasteiger partial charge in [0.15, 0.2) is 0 Å². The lowest BCUT2D eigenvalue weighted by molar-refractivity contribution is 0.242. The zero-order valence-electron chi connectivity index (χ0n) is 15.4. The highest BCUT2D eigenvalue weighted by Crippen LogP contribution is 2.32. The molecule has 0 aliphatic heterocycles. The third-order valence-electron chi connectivity index (χ3n) is 3.75. The predicted octanol–water partition coefficient (Wildman–Crippen LogP) is 4.40. The summed E-state index contributed by atoms with van der Waals surface area (Å²) in [4.78, 5) is 8.53. The van der Waals surface area contributed by atoms with Crippen LogP contribution in [0.3, 0.4) is 0 Å². The van der Waals surface area contributed by atoms with Crippen LogP contribution in [0.25, 0.3) is 11.3 Å². The first kappa shape index (κ1) is 18.4. The molecule has 6 nitrogen and oxygen atoms in total. The van der Waals surface area contributed by atoms with Crippen molar-refractivity contribution < 1.29 is 13.9 Å². The highest BCUT2D eigenvalue weighted by atomic mass is 19.1. The fourth-order valence-electron chi connectivity index (χ4n) is 2.59. The number of hydrogen-bond acceptors (Lipinski definition) is 6. The Morgan fingerprint density at radius 2 is 1.85 bits per heavy atom. The van der Waals surface area contributed by atoms with Crippen LogP contribution in [-0.2, 0) is 0 Å². The Morgan fingerprint density at radius 1 is 1.04 bits per heavy atom. The molecule has 0 bridgehead atoms. The van der Waals surface area contributed by atoms with E-state index in [1.165, 1.54) is 18.5 Å². The van der Waals surface area contributed by atoms with Gasteiger partial charge in [-0.05, 0) is 44.2 Å². The lowest BCUT2D eigenvalue weighted by atomic mass is 10.1. The first-order valence-corrected chi connectivity index (χ1v) is 8.45. The van der Waals surface area contributed by atoms with E-state index < -0.39 is 0 Å². The molecule has 0 saturated heterocycles. The second-order valence-electron chi connectivity index (χ2n) is 6.18. The van der Waals surface area contributed by atoms with Crippen molar-refractivity contribution in [3.05, 3.63) is 54.6 Å². The molecule has 3 N–H and O–H groups in total. The second kappa shape index (κ2) is 7.90. The van der Waals surface area contributed by atoms with Crippen molar-refractivity contribution in [2.75, 3.05) is 18.2 Å². The van der Waals surface area contributed by atoms with Crippen molar-refractivity contribution in [3.63, 3.8) is 0 Å². The van der Waals surface area contributed by atoms with E-state index >= 15 is 0 Å². The molecule has 0 atom stereocenters. The summed E-state index contributed by atoms with van der Waals surface area (Å²) in [5.74, 6) is 1.24. The van der Waals surface area contributed by atoms with Crippen LogP contribution in [0, 0.1) is 5.82 Å². The Bertz CT molecular complexity index is 947. The van der Waals surface area contributed by atoms with E-state index in [0.29, 0.717) is 34.3 Å². The van der Waals surface area contributed by atoms with Crippen LogP contribution in [0.2, 0.25) is 0 Å². The van der Waals surface area contributed by atoms with Crippen molar-refractivity contribution in [3.8, 4) is 22.8 Å². The molecule has 0 unspecified atom stereocenters. The van der Waals surface area contributed by atoms with Gasteiger partial charge in [0.05, 0.1) is 24.6 Å². The number of methoxy groups -OCH3 is 1. The number of nitrogens with one attached hydrogen (secondary N) is 1. The molecule has 0 radical (unpaired) electrons. The molecule has 27 heavy (non-hydrogen) atoms. The number of nitrogen functional groups attached to an aromatic ring is 1. The monoisotopic (exact) mass is 368 g/mol. The molecule has 0 aliphatic rings. The normalized spacial score (nSPS) is 10.7. The number of anilines is 3. The van der Waals surface area contributed by atoms with Gasteiger partial charge in [0.1, 0.15) is 29.5 Å².